The molecule has 4 aromatic rings. The van der Waals surface area contributed by atoms with Gasteiger partial charge in [0.15, 0.2) is 0 Å². The predicted molar refractivity (Wildman–Crippen MR) is 137 cm³/mol. The zero-order chi connectivity index (χ0) is 24.8. The summed E-state index contributed by atoms with van der Waals surface area (Å²) in [6, 6.07) is 26.3. The Labute approximate surface area is 202 Å². The summed E-state index contributed by atoms with van der Waals surface area (Å²) < 4.78 is 31.9. The molecule has 0 fully saturated rings. The van der Waals surface area contributed by atoms with E-state index in [0.29, 0.717) is 0 Å². The maximum absolute atomic E-state index is 8.82. The molecule has 0 spiro atoms. The average Bonchev–Trinajstić information content (AvgIpc) is 2.72. The molecule has 0 unspecified atom stereocenters. The minimum atomic E-state index is -5.25. The Morgan fingerprint density at radius 1 is 0.576 bits per heavy atom. The van der Waals surface area contributed by atoms with Crippen LogP contribution in [0.4, 0.5) is 0 Å². The molecule has 0 saturated carbocycles. The molecule has 4 aromatic carbocycles. The maximum atomic E-state index is 8.82. The van der Waals surface area contributed by atoms with E-state index in [1.54, 1.807) is 10.4 Å². The van der Waals surface area contributed by atoms with E-state index in [-0.39, 0.29) is 17.6 Å². The first-order valence-electron chi connectivity index (χ1n) is 10.7. The van der Waals surface area contributed by atoms with Gasteiger partial charge in [0.05, 0.1) is 17.6 Å². The van der Waals surface area contributed by atoms with Crippen LogP contribution >= 0.6 is 0 Å². The van der Waals surface area contributed by atoms with Gasteiger partial charge in [-0.15, -0.1) is 0 Å². The van der Waals surface area contributed by atoms with Crippen molar-refractivity contribution in [3.8, 4) is 0 Å². The number of aryl methyl sites for hydroxylation is 2. The van der Waals surface area contributed by atoms with Crippen LogP contribution in [-0.4, -0.2) is 25.9 Å². The first kappa shape index (κ1) is 27.1. The molecule has 0 heterocycles. The van der Waals surface area contributed by atoms with Gasteiger partial charge >= 0.3 is 29.5 Å². The quantitative estimate of drug-likeness (QED) is 0.373. The summed E-state index contributed by atoms with van der Waals surface area (Å²) in [6.45, 7) is 13.9. The van der Waals surface area contributed by atoms with E-state index in [2.05, 4.69) is 113 Å². The second kappa shape index (κ2) is 11.8. The first-order chi connectivity index (χ1) is 15.4. The Balaban J connectivity index is 0.000000195. The van der Waals surface area contributed by atoms with E-state index in [1.165, 1.54) is 32.7 Å². The summed E-state index contributed by atoms with van der Waals surface area (Å²) in [4.78, 5) is 0. The third kappa shape index (κ3) is 8.00. The molecule has 174 valence electrons. The fourth-order valence-electron chi connectivity index (χ4n) is 4.09. The van der Waals surface area contributed by atoms with Gasteiger partial charge < -0.3 is 0 Å². The van der Waals surface area contributed by atoms with Crippen molar-refractivity contribution in [3.05, 3.63) is 83.9 Å². The zero-order valence-corrected chi connectivity index (χ0v) is 23.3. The number of hydrogen-bond acceptors (Lipinski definition) is 2. The molecule has 4 rings (SSSR count). The van der Waals surface area contributed by atoms with Gasteiger partial charge in [-0.2, -0.15) is 0 Å². The van der Waals surface area contributed by atoms with Crippen molar-refractivity contribution in [1.82, 2.24) is 0 Å². The molecular formula is C26H32CrO4Si2. The van der Waals surface area contributed by atoms with Gasteiger partial charge in [-0.1, -0.05) is 120 Å². The summed E-state index contributed by atoms with van der Waals surface area (Å²) >= 11 is -5.25. The van der Waals surface area contributed by atoms with Crippen molar-refractivity contribution in [1.29, 1.82) is 0 Å². The van der Waals surface area contributed by atoms with E-state index >= 15 is 0 Å². The molecule has 2 radical (unpaired) electrons. The monoisotopic (exact) mass is 516 g/mol. The molecule has 0 amide bonds. The van der Waals surface area contributed by atoms with Gasteiger partial charge in [-0.05, 0) is 35.4 Å². The van der Waals surface area contributed by atoms with Crippen LogP contribution in [0, 0.1) is 13.8 Å². The molecule has 0 saturated heterocycles. The van der Waals surface area contributed by atoms with Gasteiger partial charge in [0, 0.05) is 0 Å². The molecule has 7 heteroatoms. The Morgan fingerprint density at radius 3 is 1.18 bits per heavy atom. The average molecular weight is 517 g/mol. The van der Waals surface area contributed by atoms with Gasteiger partial charge in [-0.25, -0.2) is 0 Å². The van der Waals surface area contributed by atoms with Crippen molar-refractivity contribution in [2.45, 2.75) is 40.0 Å². The fraction of sp³-hybridized carbons (Fsp3) is 0.231. The van der Waals surface area contributed by atoms with Crippen molar-refractivity contribution < 1.29 is 29.5 Å². The molecule has 0 atom stereocenters. The number of rotatable bonds is 2. The minimum absolute atomic E-state index is 0.367. The molecule has 0 aliphatic heterocycles. The Bertz CT molecular complexity index is 1240. The van der Waals surface area contributed by atoms with E-state index in [1.807, 2.05) is 0 Å². The van der Waals surface area contributed by atoms with Crippen LogP contribution in [0.25, 0.3) is 21.5 Å². The second-order valence-corrected chi connectivity index (χ2v) is 14.8. The molecular weight excluding hydrogens is 484 g/mol. The van der Waals surface area contributed by atoms with E-state index in [4.69, 9.17) is 15.9 Å². The molecule has 0 aliphatic rings. The van der Waals surface area contributed by atoms with Crippen molar-refractivity contribution >= 4 is 49.5 Å². The molecule has 33 heavy (non-hydrogen) atoms. The molecule has 0 aliphatic carbocycles. The van der Waals surface area contributed by atoms with Crippen LogP contribution in [0.15, 0.2) is 72.8 Å². The standard InChI is InChI=1S/2C13H15Si.Cr.2H2O.2O/c2*1-10-8-9-11-6-4-5-7-12(11)13(10)14(2)3;;;;;/h2*4-9H,1-3H3;;2*1H2;;/q;;+2;;;;/p-2. The number of benzene rings is 4. The summed E-state index contributed by atoms with van der Waals surface area (Å²) in [7, 11) is -0.735. The van der Waals surface area contributed by atoms with Crippen LogP contribution in [-0.2, 0) is 21.2 Å². The summed E-state index contributed by atoms with van der Waals surface area (Å²) in [5.74, 6) is 0. The normalized spacial score (nSPS) is 11.2. The van der Waals surface area contributed by atoms with Crippen molar-refractivity contribution in [2.24, 2.45) is 0 Å². The fourth-order valence-corrected chi connectivity index (χ4v) is 7.37. The third-order valence-corrected chi connectivity index (χ3v) is 8.60. The molecule has 0 bridgehead atoms. The Hall–Kier alpha value is -2.11. The first-order valence-corrected chi connectivity index (χ1v) is 17.9. The van der Waals surface area contributed by atoms with Crippen molar-refractivity contribution in [2.75, 3.05) is 0 Å². The van der Waals surface area contributed by atoms with E-state index in [0.717, 1.165) is 0 Å². The van der Waals surface area contributed by atoms with Gasteiger partial charge in [0.2, 0.25) is 0 Å². The number of hydrogen-bond donors (Lipinski definition) is 2. The summed E-state index contributed by atoms with van der Waals surface area (Å²) in [6.07, 6.45) is 0. The van der Waals surface area contributed by atoms with Gasteiger partial charge in [0.1, 0.15) is 0 Å². The van der Waals surface area contributed by atoms with E-state index in [9.17, 15) is 0 Å². The van der Waals surface area contributed by atoms with Crippen LogP contribution < -0.4 is 10.4 Å². The molecule has 0 aromatic heterocycles. The Morgan fingerprint density at radius 2 is 0.879 bits per heavy atom. The molecule has 2 N–H and O–H groups in total. The van der Waals surface area contributed by atoms with Crippen LogP contribution in [0.5, 0.6) is 0 Å². The van der Waals surface area contributed by atoms with Crippen LogP contribution in [0.1, 0.15) is 11.1 Å². The third-order valence-electron chi connectivity index (χ3n) is 5.27. The second-order valence-electron chi connectivity index (χ2n) is 8.41. The van der Waals surface area contributed by atoms with Gasteiger partial charge in [-0.3, -0.25) is 0 Å². The van der Waals surface area contributed by atoms with Crippen LogP contribution in [0.3, 0.4) is 0 Å². The van der Waals surface area contributed by atoms with Gasteiger partial charge in [0.25, 0.3) is 0 Å². The number of fused-ring (bicyclic) bond motifs is 2. The summed E-state index contributed by atoms with van der Waals surface area (Å²) in [5, 5.41) is 8.83. The van der Waals surface area contributed by atoms with E-state index < -0.39 is 13.6 Å². The topological polar surface area (TPSA) is 74.6 Å². The zero-order valence-electron chi connectivity index (χ0n) is 20.0. The summed E-state index contributed by atoms with van der Waals surface area (Å²) in [5.41, 5.74) is 2.89. The molecule has 4 nitrogen and oxygen atoms in total. The predicted octanol–water partition coefficient (Wildman–Crippen LogP) is 4.87. The van der Waals surface area contributed by atoms with Crippen LogP contribution in [0.2, 0.25) is 26.2 Å². The SMILES string of the molecule is Cc1ccc2ccccc2c1[Si](C)C.Cc1ccc2ccccc2c1[Si](C)C.[O]=[Cr](=[O])([OH])[OH]. The Kier molecular flexibility index (Phi) is 9.74. The van der Waals surface area contributed by atoms with Crippen molar-refractivity contribution in [3.63, 3.8) is 0 Å².